The molecule has 29 heavy (non-hydrogen) atoms. The molecule has 0 N–H and O–H groups in total. The predicted molar refractivity (Wildman–Crippen MR) is 111 cm³/mol. The first-order chi connectivity index (χ1) is 14.2. The Balaban J connectivity index is 1.50. The van der Waals surface area contributed by atoms with Crippen molar-refractivity contribution in [3.8, 4) is 0 Å². The van der Waals surface area contributed by atoms with E-state index >= 15 is 0 Å². The van der Waals surface area contributed by atoms with Gasteiger partial charge in [0.25, 0.3) is 0 Å². The smallest absolute Gasteiger partial charge is 0.243 e. The third-order valence-electron chi connectivity index (χ3n) is 5.43. The molecule has 4 rings (SSSR count). The van der Waals surface area contributed by atoms with Gasteiger partial charge >= 0.3 is 0 Å². The average Bonchev–Trinajstić information content (AvgIpc) is 3.39. The molecule has 0 bridgehead atoms. The minimum absolute atomic E-state index is 0.0771. The van der Waals surface area contributed by atoms with Crippen molar-refractivity contribution < 1.29 is 9.21 Å². The Morgan fingerprint density at radius 3 is 2.97 bits per heavy atom. The maximum atomic E-state index is 13.1. The van der Waals surface area contributed by atoms with E-state index in [1.54, 1.807) is 12.4 Å². The van der Waals surface area contributed by atoms with E-state index < -0.39 is 0 Å². The van der Waals surface area contributed by atoms with E-state index in [2.05, 4.69) is 9.97 Å². The molecule has 1 fully saturated rings. The van der Waals surface area contributed by atoms with Crippen LogP contribution < -0.4 is 0 Å². The highest BCUT2D eigenvalue weighted by Gasteiger charge is 2.31. The molecule has 0 radical (unpaired) electrons. The summed E-state index contributed by atoms with van der Waals surface area (Å²) in [5.41, 5.74) is 1.00. The normalized spacial score (nSPS) is 16.9. The van der Waals surface area contributed by atoms with Crippen LogP contribution in [0.2, 0.25) is 5.02 Å². The lowest BCUT2D eigenvalue weighted by Crippen LogP contribution is -2.40. The van der Waals surface area contributed by atoms with Crippen LogP contribution in [0.4, 0.5) is 0 Å². The molecule has 1 unspecified atom stereocenters. The second-order valence-corrected chi connectivity index (χ2v) is 7.76. The molecule has 2 aromatic heterocycles. The molecule has 6 nitrogen and oxygen atoms in total. The number of benzene rings is 1. The van der Waals surface area contributed by atoms with Gasteiger partial charge in [-0.2, -0.15) is 0 Å². The lowest BCUT2D eigenvalue weighted by molar-refractivity contribution is -0.136. The van der Waals surface area contributed by atoms with Gasteiger partial charge in [-0.15, -0.1) is 0 Å². The first-order valence-corrected chi connectivity index (χ1v) is 10.5. The zero-order valence-electron chi connectivity index (χ0n) is 16.6. The van der Waals surface area contributed by atoms with Crippen molar-refractivity contribution in [3.05, 3.63) is 70.9 Å². The van der Waals surface area contributed by atoms with Crippen molar-refractivity contribution in [2.45, 2.75) is 51.6 Å². The summed E-state index contributed by atoms with van der Waals surface area (Å²) in [7, 11) is 0. The van der Waals surface area contributed by atoms with E-state index in [1.807, 2.05) is 46.9 Å². The molecule has 1 aliphatic rings. The minimum atomic E-state index is -0.121. The summed E-state index contributed by atoms with van der Waals surface area (Å²) in [4.78, 5) is 23.8. The molecule has 0 spiro atoms. The highest BCUT2D eigenvalue weighted by Crippen LogP contribution is 2.31. The van der Waals surface area contributed by atoms with Crippen LogP contribution in [-0.2, 0) is 24.2 Å². The number of aromatic nitrogens is 3. The Morgan fingerprint density at radius 2 is 2.14 bits per heavy atom. The van der Waals surface area contributed by atoms with E-state index in [1.165, 1.54) is 0 Å². The summed E-state index contributed by atoms with van der Waals surface area (Å²) in [5, 5.41) is 0.715. The first kappa shape index (κ1) is 19.7. The van der Waals surface area contributed by atoms with E-state index in [4.69, 9.17) is 16.0 Å². The maximum Gasteiger partial charge on any atom is 0.243 e. The van der Waals surface area contributed by atoms with E-state index in [-0.39, 0.29) is 11.9 Å². The van der Waals surface area contributed by atoms with Crippen molar-refractivity contribution in [1.82, 2.24) is 19.4 Å². The largest absolute Gasteiger partial charge is 0.443 e. The van der Waals surface area contributed by atoms with Crippen molar-refractivity contribution in [3.63, 3.8) is 0 Å². The average molecular weight is 413 g/mol. The molecule has 1 saturated heterocycles. The van der Waals surface area contributed by atoms with Crippen LogP contribution in [0.3, 0.4) is 0 Å². The monoisotopic (exact) mass is 412 g/mol. The van der Waals surface area contributed by atoms with Gasteiger partial charge in [0, 0.05) is 36.8 Å². The molecule has 7 heteroatoms. The molecule has 1 aromatic carbocycles. The van der Waals surface area contributed by atoms with Crippen molar-refractivity contribution in [2.75, 3.05) is 6.54 Å². The number of halogens is 1. The SMILES string of the molecule is CCc1nccn1CC(=O)N1CCCCC1c1ncc(Cc2ccccc2Cl)o1. The number of carbonyl (C=O) groups excluding carboxylic acids is 1. The predicted octanol–water partition coefficient (Wildman–Crippen LogP) is 4.43. The van der Waals surface area contributed by atoms with Gasteiger partial charge in [-0.3, -0.25) is 4.79 Å². The molecular weight excluding hydrogens is 388 g/mol. The number of nitrogens with zero attached hydrogens (tertiary/aromatic N) is 4. The van der Waals surface area contributed by atoms with Gasteiger partial charge in [0.15, 0.2) is 0 Å². The van der Waals surface area contributed by atoms with E-state index in [9.17, 15) is 4.79 Å². The first-order valence-electron chi connectivity index (χ1n) is 10.1. The van der Waals surface area contributed by atoms with Gasteiger partial charge < -0.3 is 13.9 Å². The van der Waals surface area contributed by atoms with Crippen LogP contribution in [0, 0.1) is 0 Å². The molecule has 1 atom stereocenters. The van der Waals surface area contributed by atoms with Crippen molar-refractivity contribution in [2.24, 2.45) is 0 Å². The van der Waals surface area contributed by atoms with Crippen LogP contribution in [0.25, 0.3) is 0 Å². The highest BCUT2D eigenvalue weighted by molar-refractivity contribution is 6.31. The summed E-state index contributed by atoms with van der Waals surface area (Å²) < 4.78 is 7.98. The molecule has 3 heterocycles. The fourth-order valence-electron chi connectivity index (χ4n) is 3.91. The molecule has 0 aliphatic carbocycles. The number of piperidine rings is 1. The van der Waals surface area contributed by atoms with Gasteiger partial charge in [0.2, 0.25) is 11.8 Å². The Labute approximate surface area is 175 Å². The van der Waals surface area contributed by atoms with Crippen LogP contribution in [0.5, 0.6) is 0 Å². The van der Waals surface area contributed by atoms with Crippen molar-refractivity contribution in [1.29, 1.82) is 0 Å². The number of aryl methyl sites for hydroxylation is 1. The summed E-state index contributed by atoms with van der Waals surface area (Å²) in [5.74, 6) is 2.37. The topological polar surface area (TPSA) is 64.2 Å². The number of hydrogen-bond donors (Lipinski definition) is 0. The summed E-state index contributed by atoms with van der Waals surface area (Å²) >= 11 is 6.26. The Morgan fingerprint density at radius 1 is 1.28 bits per heavy atom. The number of likely N-dealkylation sites (tertiary alicyclic amines) is 1. The summed E-state index contributed by atoms with van der Waals surface area (Å²) in [6.07, 6.45) is 9.67. The number of carbonyl (C=O) groups is 1. The molecule has 0 saturated carbocycles. The number of rotatable bonds is 6. The molecule has 3 aromatic rings. The minimum Gasteiger partial charge on any atom is -0.443 e. The number of oxazole rings is 1. The summed E-state index contributed by atoms with van der Waals surface area (Å²) in [6, 6.07) is 7.60. The number of hydrogen-bond acceptors (Lipinski definition) is 4. The molecule has 1 amide bonds. The Hall–Kier alpha value is -2.60. The molecular formula is C22H25ClN4O2. The lowest BCUT2D eigenvalue weighted by atomic mass is 10.0. The number of imidazole rings is 1. The van der Waals surface area contributed by atoms with Gasteiger partial charge in [0.1, 0.15) is 24.2 Å². The number of amides is 1. The maximum absolute atomic E-state index is 13.1. The summed E-state index contributed by atoms with van der Waals surface area (Å²) in [6.45, 7) is 3.06. The van der Waals surface area contributed by atoms with Crippen LogP contribution in [0.15, 0.2) is 47.3 Å². The third kappa shape index (κ3) is 4.37. The lowest BCUT2D eigenvalue weighted by Gasteiger charge is -2.34. The van der Waals surface area contributed by atoms with Gasteiger partial charge in [-0.25, -0.2) is 9.97 Å². The third-order valence-corrected chi connectivity index (χ3v) is 5.79. The van der Waals surface area contributed by atoms with E-state index in [0.29, 0.717) is 23.9 Å². The zero-order chi connectivity index (χ0) is 20.2. The fraction of sp³-hybridized carbons (Fsp3) is 0.409. The van der Waals surface area contributed by atoms with Gasteiger partial charge in [-0.05, 0) is 30.9 Å². The highest BCUT2D eigenvalue weighted by atomic mass is 35.5. The standard InChI is InChI=1S/C22H25ClN4O2/c1-2-20-24-10-12-26(20)15-21(28)27-11-6-5-9-19(27)22-25-14-17(29-22)13-16-7-3-4-8-18(16)23/h3-4,7-8,10,12,14,19H,2,5-6,9,11,13,15H2,1H3. The van der Waals surface area contributed by atoms with E-state index in [0.717, 1.165) is 49.4 Å². The van der Waals surface area contributed by atoms with Gasteiger partial charge in [-0.1, -0.05) is 36.7 Å². The Kier molecular flexibility index (Phi) is 6.00. The fourth-order valence-corrected chi connectivity index (χ4v) is 4.11. The second-order valence-electron chi connectivity index (χ2n) is 7.36. The Bertz CT molecular complexity index is 981. The van der Waals surface area contributed by atoms with Gasteiger partial charge in [0.05, 0.1) is 6.20 Å². The van der Waals surface area contributed by atoms with Crippen molar-refractivity contribution >= 4 is 17.5 Å². The van der Waals surface area contributed by atoms with Crippen LogP contribution in [-0.4, -0.2) is 31.9 Å². The molecule has 1 aliphatic heterocycles. The molecule has 152 valence electrons. The van der Waals surface area contributed by atoms with Crippen LogP contribution >= 0.6 is 11.6 Å². The zero-order valence-corrected chi connectivity index (χ0v) is 17.3. The van der Waals surface area contributed by atoms with Crippen LogP contribution in [0.1, 0.15) is 55.3 Å². The quantitative estimate of drug-likeness (QED) is 0.600. The second kappa shape index (κ2) is 8.82.